The molecular weight excluding hydrogens is 396 g/mol. The molecule has 10 nitrogen and oxygen atoms in total. The number of aromatic nitrogens is 2. The van der Waals surface area contributed by atoms with Crippen LogP contribution in [0.5, 0.6) is 0 Å². The SMILES string of the molecule is CCN(CC)c1ncnc(Nc2ccc(S(=O)(=O)N(CC)CC)cc2)c1[N+](=O)[O-]. The largest absolute Gasteiger partial charge is 0.353 e. The highest BCUT2D eigenvalue weighted by atomic mass is 32.2. The van der Waals surface area contributed by atoms with Crippen LogP contribution in [0.2, 0.25) is 0 Å². The van der Waals surface area contributed by atoms with Gasteiger partial charge in [-0.15, -0.1) is 0 Å². The molecule has 0 amide bonds. The Morgan fingerprint density at radius 3 is 2.07 bits per heavy atom. The fourth-order valence-electron chi connectivity index (χ4n) is 2.94. The van der Waals surface area contributed by atoms with Crippen molar-refractivity contribution < 1.29 is 13.3 Å². The number of nitro groups is 1. The van der Waals surface area contributed by atoms with Gasteiger partial charge in [0, 0.05) is 31.9 Å². The van der Waals surface area contributed by atoms with E-state index in [4.69, 9.17) is 0 Å². The molecule has 0 spiro atoms. The lowest BCUT2D eigenvalue weighted by Crippen LogP contribution is -2.30. The van der Waals surface area contributed by atoms with Crippen LogP contribution in [0.4, 0.5) is 23.0 Å². The number of nitrogens with zero attached hydrogens (tertiary/aromatic N) is 5. The molecule has 0 radical (unpaired) electrons. The zero-order valence-corrected chi connectivity index (χ0v) is 17.8. The molecule has 0 atom stereocenters. The molecule has 1 heterocycles. The summed E-state index contributed by atoms with van der Waals surface area (Å²) in [6.07, 6.45) is 1.27. The summed E-state index contributed by atoms with van der Waals surface area (Å²) in [5.41, 5.74) is 0.256. The Hall–Kier alpha value is -2.79. The first-order valence-corrected chi connectivity index (χ1v) is 10.9. The van der Waals surface area contributed by atoms with E-state index in [1.54, 1.807) is 30.9 Å². The average molecular weight is 423 g/mol. The van der Waals surface area contributed by atoms with Gasteiger partial charge in [0.05, 0.1) is 9.82 Å². The van der Waals surface area contributed by atoms with Crippen LogP contribution in [0.3, 0.4) is 0 Å². The number of rotatable bonds is 10. The molecule has 11 heteroatoms. The Morgan fingerprint density at radius 2 is 1.59 bits per heavy atom. The number of hydrogen-bond donors (Lipinski definition) is 1. The number of anilines is 3. The molecule has 158 valence electrons. The number of hydrogen-bond acceptors (Lipinski definition) is 8. The maximum Gasteiger partial charge on any atom is 0.353 e. The third kappa shape index (κ3) is 4.80. The van der Waals surface area contributed by atoms with Crippen LogP contribution in [0.1, 0.15) is 27.7 Å². The van der Waals surface area contributed by atoms with Gasteiger partial charge in [-0.3, -0.25) is 10.1 Å². The van der Waals surface area contributed by atoms with E-state index in [2.05, 4.69) is 15.3 Å². The maximum absolute atomic E-state index is 12.6. The zero-order chi connectivity index (χ0) is 21.6. The molecule has 29 heavy (non-hydrogen) atoms. The molecule has 0 bridgehead atoms. The van der Waals surface area contributed by atoms with Crippen LogP contribution in [0.15, 0.2) is 35.5 Å². The monoisotopic (exact) mass is 422 g/mol. The van der Waals surface area contributed by atoms with E-state index in [0.29, 0.717) is 31.9 Å². The molecule has 0 aliphatic rings. The van der Waals surface area contributed by atoms with Gasteiger partial charge in [0.25, 0.3) is 0 Å². The highest BCUT2D eigenvalue weighted by molar-refractivity contribution is 7.89. The van der Waals surface area contributed by atoms with E-state index in [0.717, 1.165) is 0 Å². The fourth-order valence-corrected chi connectivity index (χ4v) is 4.40. The highest BCUT2D eigenvalue weighted by Gasteiger charge is 2.26. The van der Waals surface area contributed by atoms with Crippen molar-refractivity contribution in [3.05, 3.63) is 40.7 Å². The smallest absolute Gasteiger partial charge is 0.351 e. The van der Waals surface area contributed by atoms with Crippen molar-refractivity contribution in [2.75, 3.05) is 36.4 Å². The standard InChI is InChI=1S/C18H26N6O4S/c1-5-22(6-2)18-16(24(25)26)17(19-13-20-18)21-14-9-11-15(12-10-14)29(27,28)23(7-3)8-4/h9-13H,5-8H2,1-4H3,(H,19,20,21). The van der Waals surface area contributed by atoms with E-state index in [-0.39, 0.29) is 22.2 Å². The minimum Gasteiger partial charge on any atom is -0.351 e. The molecule has 0 aliphatic heterocycles. The molecule has 1 N–H and O–H groups in total. The van der Waals surface area contributed by atoms with Crippen molar-refractivity contribution in [3.8, 4) is 0 Å². The van der Waals surface area contributed by atoms with Gasteiger partial charge >= 0.3 is 5.69 Å². The molecule has 1 aromatic heterocycles. The van der Waals surface area contributed by atoms with Crippen LogP contribution >= 0.6 is 0 Å². The quantitative estimate of drug-likeness (QED) is 0.458. The second-order valence-electron chi connectivity index (χ2n) is 6.06. The van der Waals surface area contributed by atoms with Gasteiger partial charge in [-0.25, -0.2) is 18.4 Å². The van der Waals surface area contributed by atoms with Gasteiger partial charge in [0.2, 0.25) is 21.7 Å². The van der Waals surface area contributed by atoms with E-state index in [1.807, 2.05) is 13.8 Å². The summed E-state index contributed by atoms with van der Waals surface area (Å²) in [6, 6.07) is 6.04. The molecule has 0 fully saturated rings. The summed E-state index contributed by atoms with van der Waals surface area (Å²) >= 11 is 0. The van der Waals surface area contributed by atoms with Crippen LogP contribution in [-0.2, 0) is 10.0 Å². The van der Waals surface area contributed by atoms with Crippen molar-refractivity contribution in [2.45, 2.75) is 32.6 Å². The second-order valence-corrected chi connectivity index (χ2v) is 8.00. The first-order valence-electron chi connectivity index (χ1n) is 9.41. The van der Waals surface area contributed by atoms with Crippen molar-refractivity contribution >= 4 is 33.0 Å². The molecule has 2 aromatic rings. The first kappa shape index (κ1) is 22.5. The van der Waals surface area contributed by atoms with Gasteiger partial charge in [-0.2, -0.15) is 4.31 Å². The van der Waals surface area contributed by atoms with Crippen LogP contribution < -0.4 is 10.2 Å². The molecule has 0 aliphatic carbocycles. The van der Waals surface area contributed by atoms with E-state index in [9.17, 15) is 18.5 Å². The van der Waals surface area contributed by atoms with Gasteiger partial charge < -0.3 is 10.2 Å². The normalized spacial score (nSPS) is 11.5. The number of nitrogens with one attached hydrogen (secondary N) is 1. The minimum absolute atomic E-state index is 0.0475. The average Bonchev–Trinajstić information content (AvgIpc) is 2.70. The number of sulfonamides is 1. The summed E-state index contributed by atoms with van der Waals surface area (Å²) in [5.74, 6) is 0.282. The molecule has 0 unspecified atom stereocenters. The molecule has 0 saturated carbocycles. The molecule has 1 aromatic carbocycles. The highest BCUT2D eigenvalue weighted by Crippen LogP contribution is 2.33. The Balaban J connectivity index is 2.38. The third-order valence-electron chi connectivity index (χ3n) is 4.51. The van der Waals surface area contributed by atoms with Crippen molar-refractivity contribution in [1.29, 1.82) is 0 Å². The minimum atomic E-state index is -3.57. The van der Waals surface area contributed by atoms with Crippen LogP contribution in [-0.4, -0.2) is 53.8 Å². The topological polar surface area (TPSA) is 122 Å². The zero-order valence-electron chi connectivity index (χ0n) is 17.0. The van der Waals surface area contributed by atoms with Gasteiger partial charge in [-0.1, -0.05) is 13.8 Å². The van der Waals surface area contributed by atoms with Crippen LogP contribution in [0, 0.1) is 10.1 Å². The summed E-state index contributed by atoms with van der Waals surface area (Å²) in [7, 11) is -3.57. The predicted octanol–water partition coefficient (Wildman–Crippen LogP) is 3.01. The fraction of sp³-hybridized carbons (Fsp3) is 0.444. The summed E-state index contributed by atoms with van der Waals surface area (Å²) < 4.78 is 26.5. The lowest BCUT2D eigenvalue weighted by molar-refractivity contribution is -0.383. The number of benzene rings is 1. The van der Waals surface area contributed by atoms with Gasteiger partial charge in [0.1, 0.15) is 6.33 Å². The molecule has 2 rings (SSSR count). The maximum atomic E-state index is 12.6. The molecular formula is C18H26N6O4S. The first-order chi connectivity index (χ1) is 13.8. The van der Waals surface area contributed by atoms with Crippen molar-refractivity contribution in [1.82, 2.24) is 14.3 Å². The summed E-state index contributed by atoms with van der Waals surface area (Å²) in [5, 5.41) is 14.6. The lowest BCUT2D eigenvalue weighted by Gasteiger charge is -2.20. The van der Waals surface area contributed by atoms with Gasteiger partial charge in [-0.05, 0) is 38.1 Å². The lowest BCUT2D eigenvalue weighted by atomic mass is 10.3. The molecule has 0 saturated heterocycles. The Bertz CT molecular complexity index is 941. The van der Waals surface area contributed by atoms with Crippen molar-refractivity contribution in [3.63, 3.8) is 0 Å². The van der Waals surface area contributed by atoms with Gasteiger partial charge in [0.15, 0.2) is 0 Å². The Labute approximate surface area is 170 Å². The predicted molar refractivity (Wildman–Crippen MR) is 112 cm³/mol. The Kier molecular flexibility index (Phi) is 7.46. The summed E-state index contributed by atoms with van der Waals surface area (Å²) in [4.78, 5) is 21.2. The van der Waals surface area contributed by atoms with Crippen molar-refractivity contribution in [2.24, 2.45) is 0 Å². The summed E-state index contributed by atoms with van der Waals surface area (Å²) in [6.45, 7) is 9.20. The van der Waals surface area contributed by atoms with E-state index in [1.165, 1.54) is 22.8 Å². The Morgan fingerprint density at radius 1 is 1.00 bits per heavy atom. The van der Waals surface area contributed by atoms with E-state index >= 15 is 0 Å². The van der Waals surface area contributed by atoms with Crippen LogP contribution in [0.25, 0.3) is 0 Å². The van der Waals surface area contributed by atoms with E-state index < -0.39 is 14.9 Å². The second kappa shape index (κ2) is 9.61. The third-order valence-corrected chi connectivity index (χ3v) is 6.57.